The number of para-hydroxylation sites is 1. The SMILES string of the molecule is c1cc(-c2cccc(-n3c4ccccc4c4ccc5ccccc5c43)c2)cc(N(c2cccc(-c3cccc4ccccc34)c2)c2ccc(-c3ccc4ccccc4c3)c3ccccc23)c1. The van der Waals surface area contributed by atoms with Crippen molar-refractivity contribution in [3.8, 4) is 39.1 Å². The first kappa shape index (κ1) is 37.8. The average Bonchev–Trinajstić information content (AvgIpc) is 3.74. The first-order valence-electron chi connectivity index (χ1n) is 22.7. The number of rotatable bonds is 7. The summed E-state index contributed by atoms with van der Waals surface area (Å²) >= 11 is 0. The van der Waals surface area contributed by atoms with E-state index in [0.29, 0.717) is 0 Å². The summed E-state index contributed by atoms with van der Waals surface area (Å²) < 4.78 is 2.45. The highest BCUT2D eigenvalue weighted by molar-refractivity contribution is 6.18. The van der Waals surface area contributed by atoms with Gasteiger partial charge in [-0.15, -0.1) is 0 Å². The molecule has 0 amide bonds. The summed E-state index contributed by atoms with van der Waals surface area (Å²) in [5.41, 5.74) is 14.0. The van der Waals surface area contributed by atoms with E-state index in [4.69, 9.17) is 0 Å². The molecule has 0 unspecified atom stereocenters. The molecular formula is C64H42N2. The summed E-state index contributed by atoms with van der Waals surface area (Å²) in [7, 11) is 0. The van der Waals surface area contributed by atoms with Gasteiger partial charge in [0.1, 0.15) is 0 Å². The van der Waals surface area contributed by atoms with Crippen molar-refractivity contribution < 1.29 is 0 Å². The molecule has 1 aromatic heterocycles. The normalized spacial score (nSPS) is 11.6. The number of fused-ring (bicyclic) bond motifs is 8. The van der Waals surface area contributed by atoms with Crippen LogP contribution < -0.4 is 4.90 Å². The third kappa shape index (κ3) is 6.26. The fraction of sp³-hybridized carbons (Fsp3) is 0. The molecule has 13 aromatic rings. The first-order chi connectivity index (χ1) is 32.7. The molecule has 0 aliphatic rings. The molecule has 0 fully saturated rings. The highest BCUT2D eigenvalue weighted by atomic mass is 15.1. The summed E-state index contributed by atoms with van der Waals surface area (Å²) in [5, 5.41) is 12.4. The van der Waals surface area contributed by atoms with E-state index >= 15 is 0 Å². The van der Waals surface area contributed by atoms with E-state index in [9.17, 15) is 0 Å². The van der Waals surface area contributed by atoms with Gasteiger partial charge in [-0.05, 0) is 120 Å². The van der Waals surface area contributed by atoms with Crippen molar-refractivity contribution in [1.29, 1.82) is 0 Å². The van der Waals surface area contributed by atoms with Gasteiger partial charge >= 0.3 is 0 Å². The van der Waals surface area contributed by atoms with E-state index < -0.39 is 0 Å². The molecule has 12 aromatic carbocycles. The lowest BCUT2D eigenvalue weighted by molar-refractivity contribution is 1.19. The van der Waals surface area contributed by atoms with Gasteiger partial charge in [0.2, 0.25) is 0 Å². The molecule has 0 spiro atoms. The summed E-state index contributed by atoms with van der Waals surface area (Å²) in [6.45, 7) is 0. The number of benzene rings is 12. The third-order valence-electron chi connectivity index (χ3n) is 13.5. The molecule has 13 rings (SSSR count). The zero-order chi connectivity index (χ0) is 43.6. The maximum atomic E-state index is 2.45. The van der Waals surface area contributed by atoms with Gasteiger partial charge in [0.25, 0.3) is 0 Å². The van der Waals surface area contributed by atoms with Gasteiger partial charge in [0.15, 0.2) is 0 Å². The molecule has 0 saturated carbocycles. The summed E-state index contributed by atoms with van der Waals surface area (Å²) in [4.78, 5) is 2.45. The minimum absolute atomic E-state index is 1.08. The summed E-state index contributed by atoms with van der Waals surface area (Å²) in [5.74, 6) is 0. The molecule has 0 bridgehead atoms. The van der Waals surface area contributed by atoms with Crippen LogP contribution in [-0.2, 0) is 0 Å². The molecule has 2 nitrogen and oxygen atoms in total. The Morgan fingerprint density at radius 1 is 0.273 bits per heavy atom. The van der Waals surface area contributed by atoms with Crippen LogP contribution >= 0.6 is 0 Å². The number of nitrogens with zero attached hydrogens (tertiary/aromatic N) is 2. The highest BCUT2D eigenvalue weighted by Crippen LogP contribution is 2.45. The van der Waals surface area contributed by atoms with Crippen LogP contribution in [0.15, 0.2) is 255 Å². The van der Waals surface area contributed by atoms with Gasteiger partial charge in [-0.25, -0.2) is 0 Å². The standard InChI is InChI=1S/C64H42N2/c1-2-18-46-39-50(34-33-43(46)15-1)56-37-38-63(59-29-8-7-28-58(56)59)65(52-24-13-22-49(42-52)55-31-14-19-44-16-3-5-26-54(44)55)51-23-11-20-47(40-51)48-21-12-25-53(41-48)66-62-32-10-9-30-60(62)61-36-35-45-17-4-6-27-57(45)64(61)66/h1-42H. The van der Waals surface area contributed by atoms with E-state index in [1.165, 1.54) is 87.1 Å². The van der Waals surface area contributed by atoms with Gasteiger partial charge in [-0.3, -0.25) is 0 Å². The van der Waals surface area contributed by atoms with Crippen LogP contribution in [-0.4, -0.2) is 4.57 Å². The molecule has 0 saturated heterocycles. The highest BCUT2D eigenvalue weighted by Gasteiger charge is 2.20. The number of aromatic nitrogens is 1. The second-order valence-corrected chi connectivity index (χ2v) is 17.3. The quantitative estimate of drug-likeness (QED) is 0.155. The number of hydrogen-bond acceptors (Lipinski definition) is 1. The fourth-order valence-electron chi connectivity index (χ4n) is 10.5. The Morgan fingerprint density at radius 3 is 1.64 bits per heavy atom. The molecule has 2 heteroatoms. The van der Waals surface area contributed by atoms with E-state index in [1.807, 2.05) is 0 Å². The van der Waals surface area contributed by atoms with Crippen LogP contribution in [0, 0.1) is 0 Å². The number of anilines is 3. The van der Waals surface area contributed by atoms with Crippen molar-refractivity contribution in [1.82, 2.24) is 4.57 Å². The molecule has 0 aliphatic carbocycles. The molecular weight excluding hydrogens is 797 g/mol. The average molecular weight is 839 g/mol. The van der Waals surface area contributed by atoms with Crippen molar-refractivity contribution in [3.05, 3.63) is 255 Å². The zero-order valence-electron chi connectivity index (χ0n) is 36.1. The second-order valence-electron chi connectivity index (χ2n) is 17.3. The Hall–Kier alpha value is -8.72. The monoisotopic (exact) mass is 838 g/mol. The van der Waals surface area contributed by atoms with Gasteiger partial charge in [-0.1, -0.05) is 200 Å². The van der Waals surface area contributed by atoms with Crippen molar-refractivity contribution in [2.75, 3.05) is 4.90 Å². The van der Waals surface area contributed by atoms with E-state index in [2.05, 4.69) is 264 Å². The van der Waals surface area contributed by atoms with Gasteiger partial charge in [0, 0.05) is 38.6 Å². The van der Waals surface area contributed by atoms with E-state index in [-0.39, 0.29) is 0 Å². The van der Waals surface area contributed by atoms with Gasteiger partial charge in [0.05, 0.1) is 16.7 Å². The second kappa shape index (κ2) is 15.5. The molecule has 0 N–H and O–H groups in total. The minimum atomic E-state index is 1.08. The lowest BCUT2D eigenvalue weighted by Gasteiger charge is -2.28. The van der Waals surface area contributed by atoms with Crippen LogP contribution in [0.5, 0.6) is 0 Å². The van der Waals surface area contributed by atoms with E-state index in [1.54, 1.807) is 0 Å². The van der Waals surface area contributed by atoms with Crippen LogP contribution in [0.4, 0.5) is 17.1 Å². The molecule has 0 radical (unpaired) electrons. The Labute approximate surface area is 383 Å². The van der Waals surface area contributed by atoms with Crippen LogP contribution in [0.2, 0.25) is 0 Å². The van der Waals surface area contributed by atoms with Crippen LogP contribution in [0.25, 0.3) is 104 Å². The maximum Gasteiger partial charge on any atom is 0.0619 e. The van der Waals surface area contributed by atoms with Crippen molar-refractivity contribution in [3.63, 3.8) is 0 Å². The molecule has 0 atom stereocenters. The topological polar surface area (TPSA) is 8.17 Å². The van der Waals surface area contributed by atoms with Gasteiger partial charge in [-0.2, -0.15) is 0 Å². The summed E-state index contributed by atoms with van der Waals surface area (Å²) in [6, 6.07) is 93.4. The smallest absolute Gasteiger partial charge is 0.0619 e. The Kier molecular flexibility index (Phi) is 8.89. The Morgan fingerprint density at radius 2 is 0.818 bits per heavy atom. The zero-order valence-corrected chi connectivity index (χ0v) is 36.1. The third-order valence-corrected chi connectivity index (χ3v) is 13.5. The predicted molar refractivity (Wildman–Crippen MR) is 282 cm³/mol. The first-order valence-corrected chi connectivity index (χ1v) is 22.7. The largest absolute Gasteiger partial charge is 0.310 e. The minimum Gasteiger partial charge on any atom is -0.310 e. The van der Waals surface area contributed by atoms with Crippen LogP contribution in [0.3, 0.4) is 0 Å². The molecule has 1 heterocycles. The van der Waals surface area contributed by atoms with Gasteiger partial charge < -0.3 is 9.47 Å². The fourth-order valence-corrected chi connectivity index (χ4v) is 10.5. The molecule has 66 heavy (non-hydrogen) atoms. The number of hydrogen-bond donors (Lipinski definition) is 0. The molecule has 0 aliphatic heterocycles. The van der Waals surface area contributed by atoms with Crippen LogP contribution in [0.1, 0.15) is 0 Å². The maximum absolute atomic E-state index is 2.45. The van der Waals surface area contributed by atoms with E-state index in [0.717, 1.165) is 33.9 Å². The predicted octanol–water partition coefficient (Wildman–Crippen LogP) is 17.9. The Balaban J connectivity index is 0.996. The van der Waals surface area contributed by atoms with Crippen molar-refractivity contribution in [2.45, 2.75) is 0 Å². The molecule has 308 valence electrons. The van der Waals surface area contributed by atoms with Crippen molar-refractivity contribution in [2.24, 2.45) is 0 Å². The van der Waals surface area contributed by atoms with Crippen molar-refractivity contribution >= 4 is 82.0 Å². The lowest BCUT2D eigenvalue weighted by atomic mass is 9.94. The Bertz CT molecular complexity index is 4020. The summed E-state index contributed by atoms with van der Waals surface area (Å²) in [6.07, 6.45) is 0. The lowest BCUT2D eigenvalue weighted by Crippen LogP contribution is -2.11.